The minimum Gasteiger partial charge on any atom is -0.463 e. The number of hydrogen-bond donors (Lipinski definition) is 0. The summed E-state index contributed by atoms with van der Waals surface area (Å²) >= 11 is 0. The third-order valence-electron chi connectivity index (χ3n) is 1.04. The average molecular weight is 156 g/mol. The van der Waals surface area contributed by atoms with E-state index in [2.05, 4.69) is 4.74 Å². The lowest BCUT2D eigenvalue weighted by atomic mass is 10.3. The Morgan fingerprint density at radius 3 is 2.36 bits per heavy atom. The first-order valence-electron chi connectivity index (χ1n) is 3.58. The van der Waals surface area contributed by atoms with E-state index in [1.165, 1.54) is 6.08 Å². The lowest BCUT2D eigenvalue weighted by Crippen LogP contribution is -2.00. The molecule has 0 aromatic heterocycles. The molecule has 0 aromatic carbocycles. The molecule has 0 aliphatic carbocycles. The lowest BCUT2D eigenvalue weighted by molar-refractivity contribution is -0.137. The van der Waals surface area contributed by atoms with Gasteiger partial charge in [-0.25, -0.2) is 4.79 Å². The Kier molecular flexibility index (Phi) is 5.07. The quantitative estimate of drug-likeness (QED) is 0.452. The highest BCUT2D eigenvalue weighted by Gasteiger charge is 1.95. The van der Waals surface area contributed by atoms with E-state index in [0.717, 1.165) is 6.08 Å². The molecule has 62 valence electrons. The second-order valence-corrected chi connectivity index (χ2v) is 1.91. The fraction of sp³-hybridized carbons (Fsp3) is 0.500. The van der Waals surface area contributed by atoms with Gasteiger partial charge in [0, 0.05) is 12.5 Å². The highest BCUT2D eigenvalue weighted by Crippen LogP contribution is 1.85. The molecule has 0 aliphatic heterocycles. The number of carbonyl (C=O) groups is 2. The van der Waals surface area contributed by atoms with Gasteiger partial charge in [0.1, 0.15) is 0 Å². The highest BCUT2D eigenvalue weighted by atomic mass is 16.5. The predicted molar refractivity (Wildman–Crippen MR) is 41.1 cm³/mol. The van der Waals surface area contributed by atoms with Gasteiger partial charge in [-0.15, -0.1) is 0 Å². The van der Waals surface area contributed by atoms with Crippen molar-refractivity contribution in [1.29, 1.82) is 0 Å². The molecule has 0 saturated heterocycles. The number of hydrogen-bond acceptors (Lipinski definition) is 3. The van der Waals surface area contributed by atoms with Gasteiger partial charge in [-0.1, -0.05) is 6.92 Å². The standard InChI is InChI=1S/C8H12O3/c1-3-7(9)5-6-8(10)11-4-2/h5-6H,3-4H2,1-2H3/b6-5+. The van der Waals surface area contributed by atoms with E-state index in [0.29, 0.717) is 13.0 Å². The first-order chi connectivity index (χ1) is 5.20. The molecule has 0 bridgehead atoms. The Morgan fingerprint density at radius 1 is 1.27 bits per heavy atom. The summed E-state index contributed by atoms with van der Waals surface area (Å²) in [4.78, 5) is 21.2. The normalized spacial score (nSPS) is 10.0. The molecule has 0 unspecified atom stereocenters. The van der Waals surface area contributed by atoms with E-state index in [9.17, 15) is 9.59 Å². The molecule has 0 aliphatic rings. The second-order valence-electron chi connectivity index (χ2n) is 1.91. The molecular formula is C8H12O3. The molecule has 3 nitrogen and oxygen atoms in total. The summed E-state index contributed by atoms with van der Waals surface area (Å²) in [5, 5.41) is 0. The molecule has 0 amide bonds. The van der Waals surface area contributed by atoms with Gasteiger partial charge in [0.25, 0.3) is 0 Å². The van der Waals surface area contributed by atoms with Crippen LogP contribution in [0.5, 0.6) is 0 Å². The monoisotopic (exact) mass is 156 g/mol. The Morgan fingerprint density at radius 2 is 1.91 bits per heavy atom. The van der Waals surface area contributed by atoms with Gasteiger partial charge >= 0.3 is 5.97 Å². The molecule has 0 saturated carbocycles. The van der Waals surface area contributed by atoms with Crippen molar-refractivity contribution in [3.63, 3.8) is 0 Å². The molecule has 0 radical (unpaired) electrons. The summed E-state index contributed by atoms with van der Waals surface area (Å²) in [6.45, 7) is 3.79. The Labute approximate surface area is 66.0 Å². The van der Waals surface area contributed by atoms with Crippen LogP contribution in [0.3, 0.4) is 0 Å². The van der Waals surface area contributed by atoms with Crippen molar-refractivity contribution in [3.05, 3.63) is 12.2 Å². The van der Waals surface area contributed by atoms with Crippen LogP contribution in [-0.4, -0.2) is 18.4 Å². The Hall–Kier alpha value is -1.12. The van der Waals surface area contributed by atoms with Crippen molar-refractivity contribution in [2.45, 2.75) is 20.3 Å². The van der Waals surface area contributed by atoms with Crippen LogP contribution in [0.1, 0.15) is 20.3 Å². The summed E-state index contributed by atoms with van der Waals surface area (Å²) < 4.78 is 4.56. The predicted octanol–water partition coefficient (Wildman–Crippen LogP) is 1.08. The topological polar surface area (TPSA) is 43.4 Å². The van der Waals surface area contributed by atoms with Gasteiger partial charge in [0.2, 0.25) is 0 Å². The molecule has 0 rings (SSSR count). The van der Waals surface area contributed by atoms with Crippen molar-refractivity contribution >= 4 is 11.8 Å². The number of ether oxygens (including phenoxy) is 1. The van der Waals surface area contributed by atoms with Gasteiger partial charge < -0.3 is 4.74 Å². The van der Waals surface area contributed by atoms with Gasteiger partial charge in [0.15, 0.2) is 5.78 Å². The van der Waals surface area contributed by atoms with E-state index in [1.807, 2.05) is 0 Å². The van der Waals surface area contributed by atoms with Crippen LogP contribution in [0.4, 0.5) is 0 Å². The van der Waals surface area contributed by atoms with Crippen LogP contribution in [0.2, 0.25) is 0 Å². The van der Waals surface area contributed by atoms with Crippen molar-refractivity contribution in [2.75, 3.05) is 6.61 Å². The molecule has 0 spiro atoms. The smallest absolute Gasteiger partial charge is 0.330 e. The van der Waals surface area contributed by atoms with Gasteiger partial charge in [-0.05, 0) is 13.0 Å². The summed E-state index contributed by atoms with van der Waals surface area (Å²) in [5.41, 5.74) is 0. The zero-order chi connectivity index (χ0) is 8.69. The summed E-state index contributed by atoms with van der Waals surface area (Å²) in [6.07, 6.45) is 2.79. The molecule has 0 N–H and O–H groups in total. The van der Waals surface area contributed by atoms with E-state index >= 15 is 0 Å². The van der Waals surface area contributed by atoms with Crippen molar-refractivity contribution < 1.29 is 14.3 Å². The first-order valence-corrected chi connectivity index (χ1v) is 3.58. The van der Waals surface area contributed by atoms with Gasteiger partial charge in [-0.3, -0.25) is 4.79 Å². The maximum atomic E-state index is 10.6. The van der Waals surface area contributed by atoms with E-state index in [-0.39, 0.29) is 5.78 Å². The van der Waals surface area contributed by atoms with E-state index in [1.54, 1.807) is 13.8 Å². The Balaban J connectivity index is 3.73. The third-order valence-corrected chi connectivity index (χ3v) is 1.04. The zero-order valence-corrected chi connectivity index (χ0v) is 6.79. The molecule has 11 heavy (non-hydrogen) atoms. The number of rotatable bonds is 4. The Bertz CT molecular complexity index is 170. The molecular weight excluding hydrogens is 144 g/mol. The van der Waals surface area contributed by atoms with Gasteiger partial charge in [0.05, 0.1) is 6.61 Å². The minimum absolute atomic E-state index is 0.0712. The van der Waals surface area contributed by atoms with Crippen molar-refractivity contribution in [1.82, 2.24) is 0 Å². The average Bonchev–Trinajstić information content (AvgIpc) is 2.01. The van der Waals surface area contributed by atoms with E-state index in [4.69, 9.17) is 0 Å². The summed E-state index contributed by atoms with van der Waals surface area (Å²) in [7, 11) is 0. The van der Waals surface area contributed by atoms with Crippen LogP contribution in [0.25, 0.3) is 0 Å². The molecule has 0 heterocycles. The van der Waals surface area contributed by atoms with Gasteiger partial charge in [-0.2, -0.15) is 0 Å². The number of esters is 1. The zero-order valence-electron chi connectivity index (χ0n) is 6.79. The largest absolute Gasteiger partial charge is 0.463 e. The van der Waals surface area contributed by atoms with E-state index < -0.39 is 5.97 Å². The number of carbonyl (C=O) groups excluding carboxylic acids is 2. The van der Waals surface area contributed by atoms with Crippen LogP contribution in [0, 0.1) is 0 Å². The van der Waals surface area contributed by atoms with Crippen LogP contribution in [-0.2, 0) is 14.3 Å². The van der Waals surface area contributed by atoms with Crippen LogP contribution < -0.4 is 0 Å². The second kappa shape index (κ2) is 5.65. The summed E-state index contributed by atoms with van der Waals surface area (Å²) in [6, 6.07) is 0. The summed E-state index contributed by atoms with van der Waals surface area (Å²) in [5.74, 6) is -0.535. The first kappa shape index (κ1) is 9.88. The fourth-order valence-electron chi connectivity index (χ4n) is 0.469. The third kappa shape index (κ3) is 5.33. The maximum absolute atomic E-state index is 10.6. The number of allylic oxidation sites excluding steroid dienone is 1. The molecule has 0 aromatic rings. The van der Waals surface area contributed by atoms with Crippen molar-refractivity contribution in [3.8, 4) is 0 Å². The molecule has 0 fully saturated rings. The number of ketones is 1. The molecule has 3 heteroatoms. The SMILES string of the molecule is CCOC(=O)/C=C/C(=O)CC. The lowest BCUT2D eigenvalue weighted by Gasteiger charge is -1.93. The van der Waals surface area contributed by atoms with Crippen molar-refractivity contribution in [2.24, 2.45) is 0 Å². The van der Waals surface area contributed by atoms with Crippen LogP contribution in [0.15, 0.2) is 12.2 Å². The maximum Gasteiger partial charge on any atom is 0.330 e. The fourth-order valence-corrected chi connectivity index (χ4v) is 0.469. The molecule has 0 atom stereocenters. The van der Waals surface area contributed by atoms with Crippen LogP contribution >= 0.6 is 0 Å². The minimum atomic E-state index is -0.464. The highest BCUT2D eigenvalue weighted by molar-refractivity contribution is 5.95.